The number of carboxylic acids is 1. The zero-order chi connectivity index (χ0) is 11.2. The fraction of sp³-hybridized carbons (Fsp3) is 0.750. The van der Waals surface area contributed by atoms with Crippen LogP contribution < -0.4 is 11.1 Å². The molecule has 0 fully saturated rings. The van der Waals surface area contributed by atoms with Crippen LogP contribution in [0.15, 0.2) is 4.99 Å². The minimum atomic E-state index is -0.999. The number of nitrogens with two attached hydrogens (primary N) is 1. The predicted molar refractivity (Wildman–Crippen MR) is 60.1 cm³/mol. The fourth-order valence-electron chi connectivity index (χ4n) is 0.763. The Morgan fingerprint density at radius 2 is 2.29 bits per heavy atom. The standard InChI is InChI=1S/C8H17N3O2S/c1-6(9)10-3-4-11-8(2,5-14)7(12)13/h11,14H,3-5H2,1-2H3,(H2,9,10)(H,12,13). The van der Waals surface area contributed by atoms with Gasteiger partial charge in [-0.1, -0.05) is 0 Å². The average Bonchev–Trinajstić information content (AvgIpc) is 2.11. The third-order valence-electron chi connectivity index (χ3n) is 1.78. The SMILES string of the molecule is CC(N)=NCCNC(C)(CS)C(=O)O. The van der Waals surface area contributed by atoms with Crippen molar-refractivity contribution in [3.05, 3.63) is 0 Å². The average molecular weight is 219 g/mol. The Morgan fingerprint density at radius 3 is 2.64 bits per heavy atom. The third kappa shape index (κ3) is 4.48. The molecule has 0 aromatic carbocycles. The second-order valence-electron chi connectivity index (χ2n) is 3.25. The zero-order valence-corrected chi connectivity index (χ0v) is 9.34. The van der Waals surface area contributed by atoms with Gasteiger partial charge in [-0.2, -0.15) is 12.6 Å². The molecule has 0 heterocycles. The first-order valence-electron chi connectivity index (χ1n) is 4.28. The van der Waals surface area contributed by atoms with Crippen LogP contribution in [0.4, 0.5) is 0 Å². The quantitative estimate of drug-likeness (QED) is 0.214. The van der Waals surface area contributed by atoms with Gasteiger partial charge in [-0.3, -0.25) is 15.1 Å². The van der Waals surface area contributed by atoms with Crippen molar-refractivity contribution < 1.29 is 9.90 Å². The van der Waals surface area contributed by atoms with Crippen LogP contribution in [0.2, 0.25) is 0 Å². The monoisotopic (exact) mass is 219 g/mol. The number of thiol groups is 1. The van der Waals surface area contributed by atoms with Crippen LogP contribution in [0.25, 0.3) is 0 Å². The molecule has 0 saturated heterocycles. The summed E-state index contributed by atoms with van der Waals surface area (Å²) in [6.07, 6.45) is 0. The van der Waals surface area contributed by atoms with Gasteiger partial charge in [0.1, 0.15) is 5.54 Å². The maximum absolute atomic E-state index is 10.8. The van der Waals surface area contributed by atoms with Crippen LogP contribution in [0.3, 0.4) is 0 Å². The van der Waals surface area contributed by atoms with Crippen molar-refractivity contribution in [2.24, 2.45) is 10.7 Å². The van der Waals surface area contributed by atoms with Gasteiger partial charge in [-0.15, -0.1) is 0 Å². The molecule has 0 aliphatic rings. The first kappa shape index (κ1) is 13.2. The van der Waals surface area contributed by atoms with Crippen LogP contribution in [0.5, 0.6) is 0 Å². The molecule has 0 bridgehead atoms. The number of hydrogen-bond acceptors (Lipinski definition) is 4. The van der Waals surface area contributed by atoms with E-state index in [0.29, 0.717) is 18.9 Å². The molecule has 5 nitrogen and oxygen atoms in total. The lowest BCUT2D eigenvalue weighted by Gasteiger charge is -2.23. The third-order valence-corrected chi connectivity index (χ3v) is 2.41. The summed E-state index contributed by atoms with van der Waals surface area (Å²) in [7, 11) is 0. The summed E-state index contributed by atoms with van der Waals surface area (Å²) >= 11 is 3.98. The normalized spacial score (nSPS) is 16.4. The van der Waals surface area contributed by atoms with Crippen LogP contribution in [0, 0.1) is 0 Å². The molecular formula is C8H17N3O2S. The van der Waals surface area contributed by atoms with Crippen molar-refractivity contribution in [2.75, 3.05) is 18.8 Å². The number of nitrogens with zero attached hydrogens (tertiary/aromatic N) is 1. The second-order valence-corrected chi connectivity index (χ2v) is 3.56. The van der Waals surface area contributed by atoms with E-state index in [-0.39, 0.29) is 5.75 Å². The molecule has 0 saturated carbocycles. The maximum Gasteiger partial charge on any atom is 0.324 e. The Kier molecular flexibility index (Phi) is 5.56. The number of amidine groups is 1. The molecule has 0 rings (SSSR count). The van der Waals surface area contributed by atoms with Crippen LogP contribution in [-0.2, 0) is 4.79 Å². The highest BCUT2D eigenvalue weighted by atomic mass is 32.1. The summed E-state index contributed by atoms with van der Waals surface area (Å²) in [4.78, 5) is 14.7. The van der Waals surface area contributed by atoms with Crippen molar-refractivity contribution in [1.29, 1.82) is 0 Å². The Balaban J connectivity index is 3.97. The van der Waals surface area contributed by atoms with Gasteiger partial charge in [0, 0.05) is 12.3 Å². The van der Waals surface area contributed by atoms with Gasteiger partial charge in [-0.05, 0) is 13.8 Å². The molecule has 4 N–H and O–H groups in total. The predicted octanol–water partition coefficient (Wildman–Crippen LogP) is -0.274. The number of carboxylic acid groups (broad SMARTS) is 1. The number of hydrogen-bond donors (Lipinski definition) is 4. The topological polar surface area (TPSA) is 87.7 Å². The molecule has 1 unspecified atom stereocenters. The van der Waals surface area contributed by atoms with Crippen molar-refractivity contribution in [1.82, 2.24) is 5.32 Å². The first-order valence-corrected chi connectivity index (χ1v) is 4.91. The largest absolute Gasteiger partial charge is 0.480 e. The van der Waals surface area contributed by atoms with E-state index in [9.17, 15) is 4.79 Å². The van der Waals surface area contributed by atoms with Crippen molar-refractivity contribution in [3.63, 3.8) is 0 Å². The smallest absolute Gasteiger partial charge is 0.324 e. The van der Waals surface area contributed by atoms with E-state index in [1.54, 1.807) is 13.8 Å². The minimum absolute atomic E-state index is 0.230. The molecule has 14 heavy (non-hydrogen) atoms. The lowest BCUT2D eigenvalue weighted by Crippen LogP contribution is -2.52. The minimum Gasteiger partial charge on any atom is -0.480 e. The van der Waals surface area contributed by atoms with Gasteiger partial charge < -0.3 is 10.8 Å². The van der Waals surface area contributed by atoms with E-state index >= 15 is 0 Å². The highest BCUT2D eigenvalue weighted by Crippen LogP contribution is 2.05. The van der Waals surface area contributed by atoms with E-state index in [4.69, 9.17) is 10.8 Å². The first-order chi connectivity index (χ1) is 6.42. The Hall–Kier alpha value is -0.750. The van der Waals surface area contributed by atoms with E-state index in [1.165, 1.54) is 0 Å². The van der Waals surface area contributed by atoms with Crippen LogP contribution in [-0.4, -0.2) is 41.3 Å². The molecule has 6 heteroatoms. The molecule has 0 aliphatic carbocycles. The van der Waals surface area contributed by atoms with Gasteiger partial charge in [0.05, 0.1) is 12.4 Å². The number of nitrogens with one attached hydrogen (secondary N) is 1. The number of carbonyl (C=O) groups is 1. The lowest BCUT2D eigenvalue weighted by molar-refractivity contribution is -0.143. The summed E-state index contributed by atoms with van der Waals surface area (Å²) in [5, 5.41) is 11.7. The molecule has 0 aromatic heterocycles. The van der Waals surface area contributed by atoms with Crippen LogP contribution >= 0.6 is 12.6 Å². The molecule has 82 valence electrons. The maximum atomic E-state index is 10.8. The molecule has 0 aromatic rings. The molecule has 1 atom stereocenters. The van der Waals surface area contributed by atoms with E-state index in [2.05, 4.69) is 22.9 Å². The van der Waals surface area contributed by atoms with Gasteiger partial charge in [0.2, 0.25) is 0 Å². The molecule has 0 aliphatic heterocycles. The summed E-state index contributed by atoms with van der Waals surface area (Å²) in [6, 6.07) is 0. The van der Waals surface area contributed by atoms with Gasteiger partial charge in [-0.25, -0.2) is 0 Å². The molecule has 0 radical (unpaired) electrons. The summed E-state index contributed by atoms with van der Waals surface area (Å²) in [5.41, 5.74) is 4.33. The number of aliphatic carboxylic acids is 1. The number of aliphatic imine (C=N–C) groups is 1. The second kappa shape index (κ2) is 5.87. The molecule has 0 spiro atoms. The fourth-order valence-corrected chi connectivity index (χ4v) is 1.01. The van der Waals surface area contributed by atoms with E-state index < -0.39 is 11.5 Å². The summed E-state index contributed by atoms with van der Waals surface area (Å²) in [6.45, 7) is 4.22. The highest BCUT2D eigenvalue weighted by molar-refractivity contribution is 7.80. The Bertz CT molecular complexity index is 229. The van der Waals surface area contributed by atoms with E-state index in [0.717, 1.165) is 0 Å². The van der Waals surface area contributed by atoms with Crippen molar-refractivity contribution in [2.45, 2.75) is 19.4 Å². The highest BCUT2D eigenvalue weighted by Gasteiger charge is 2.30. The Labute approximate surface area is 89.2 Å². The molecular weight excluding hydrogens is 202 g/mol. The van der Waals surface area contributed by atoms with Gasteiger partial charge >= 0.3 is 5.97 Å². The Morgan fingerprint density at radius 1 is 1.71 bits per heavy atom. The summed E-state index contributed by atoms with van der Waals surface area (Å²) in [5.74, 6) is -0.191. The number of rotatable bonds is 6. The van der Waals surface area contributed by atoms with Crippen LogP contribution in [0.1, 0.15) is 13.8 Å². The van der Waals surface area contributed by atoms with Crippen molar-refractivity contribution in [3.8, 4) is 0 Å². The van der Waals surface area contributed by atoms with Gasteiger partial charge in [0.15, 0.2) is 0 Å². The van der Waals surface area contributed by atoms with Crippen molar-refractivity contribution >= 4 is 24.4 Å². The van der Waals surface area contributed by atoms with E-state index in [1.807, 2.05) is 0 Å². The summed E-state index contributed by atoms with van der Waals surface area (Å²) < 4.78 is 0. The molecule has 0 amide bonds. The lowest BCUT2D eigenvalue weighted by atomic mass is 10.1. The zero-order valence-electron chi connectivity index (χ0n) is 8.45. The van der Waals surface area contributed by atoms with Gasteiger partial charge in [0.25, 0.3) is 0 Å².